The maximum absolute atomic E-state index is 12.6. The summed E-state index contributed by atoms with van der Waals surface area (Å²) in [6, 6.07) is 5.84. The average molecular weight is 373 g/mol. The zero-order valence-corrected chi connectivity index (χ0v) is 15.1. The van der Waals surface area contributed by atoms with Gasteiger partial charge in [-0.15, -0.1) is 0 Å². The molecule has 0 atom stereocenters. The Hall–Kier alpha value is -1.48. The smallest absolute Gasteiger partial charge is 0.202 e. The van der Waals surface area contributed by atoms with E-state index in [2.05, 4.69) is 5.32 Å². The summed E-state index contributed by atoms with van der Waals surface area (Å²) >= 11 is 0. The zero-order chi connectivity index (χ0) is 18.1. The van der Waals surface area contributed by atoms with E-state index in [1.54, 1.807) is 7.05 Å². The molecule has 25 heavy (non-hydrogen) atoms. The third kappa shape index (κ3) is 6.39. The summed E-state index contributed by atoms with van der Waals surface area (Å²) in [6.45, 7) is 2.05. The molecule has 1 aromatic carbocycles. The first kappa shape index (κ1) is 19.8. The Kier molecular flexibility index (Phi) is 7.83. The van der Waals surface area contributed by atoms with Gasteiger partial charge in [0, 0.05) is 13.2 Å². The van der Waals surface area contributed by atoms with Crippen LogP contribution in [0.25, 0.3) is 0 Å². The zero-order valence-electron chi connectivity index (χ0n) is 14.2. The van der Waals surface area contributed by atoms with Gasteiger partial charge in [-0.25, -0.2) is 12.8 Å². The molecule has 1 aliphatic rings. The monoisotopic (exact) mass is 373 g/mol. The average Bonchev–Trinajstić information content (AvgIpc) is 2.62. The van der Waals surface area contributed by atoms with Gasteiger partial charge in [-0.2, -0.15) is 0 Å². The van der Waals surface area contributed by atoms with Gasteiger partial charge in [-0.05, 0) is 50.1 Å². The van der Waals surface area contributed by atoms with Gasteiger partial charge in [-0.3, -0.25) is 0 Å². The van der Waals surface area contributed by atoms with E-state index < -0.39 is 9.84 Å². The lowest BCUT2D eigenvalue weighted by Crippen LogP contribution is -2.22. The van der Waals surface area contributed by atoms with Crippen LogP contribution < -0.4 is 10.1 Å². The predicted octanol–water partition coefficient (Wildman–Crippen LogP) is 2.27. The second-order valence-corrected chi connectivity index (χ2v) is 7.77. The Labute approximate surface area is 147 Å². The van der Waals surface area contributed by atoms with E-state index in [-0.39, 0.29) is 23.1 Å². The second-order valence-electron chi connectivity index (χ2n) is 5.84. The van der Waals surface area contributed by atoms with Crippen molar-refractivity contribution in [2.75, 3.05) is 39.4 Å². The third-order valence-corrected chi connectivity index (χ3v) is 5.30. The molecule has 8 heteroatoms. The van der Waals surface area contributed by atoms with Gasteiger partial charge < -0.3 is 19.5 Å². The van der Waals surface area contributed by atoms with Crippen LogP contribution in [0.4, 0.5) is 4.39 Å². The Bertz CT molecular complexity index is 654. The first-order valence-electron chi connectivity index (χ1n) is 8.15. The molecule has 0 unspecified atom stereocenters. The first-order chi connectivity index (χ1) is 12.0. The minimum atomic E-state index is -3.53. The fourth-order valence-corrected chi connectivity index (χ4v) is 3.45. The maximum atomic E-state index is 12.6. The molecule has 0 saturated carbocycles. The molecule has 1 N–H and O–H groups in total. The highest BCUT2D eigenvalue weighted by Gasteiger charge is 2.18. The minimum Gasteiger partial charge on any atom is -0.458 e. The van der Waals surface area contributed by atoms with E-state index in [1.807, 2.05) is 0 Å². The number of halogens is 1. The van der Waals surface area contributed by atoms with Crippen LogP contribution in [0.15, 0.2) is 41.2 Å². The predicted molar refractivity (Wildman–Crippen MR) is 91.7 cm³/mol. The molecule has 0 aliphatic carbocycles. The molecule has 6 nitrogen and oxygen atoms in total. The number of nitrogens with one attached hydrogen (secondary N) is 1. The van der Waals surface area contributed by atoms with Gasteiger partial charge in [-0.1, -0.05) is 0 Å². The summed E-state index contributed by atoms with van der Waals surface area (Å²) in [5.74, 6) is 0.455. The molecule has 1 aliphatic heterocycles. The molecule has 0 aromatic heterocycles. The normalized spacial score (nSPS) is 16.8. The molecule has 2 rings (SSSR count). The van der Waals surface area contributed by atoms with E-state index in [0.717, 1.165) is 12.8 Å². The Morgan fingerprint density at radius 2 is 2.00 bits per heavy atom. The van der Waals surface area contributed by atoms with Crippen LogP contribution in [-0.2, 0) is 19.3 Å². The van der Waals surface area contributed by atoms with E-state index in [1.165, 1.54) is 24.3 Å². The van der Waals surface area contributed by atoms with Crippen molar-refractivity contribution in [2.45, 2.75) is 17.7 Å². The number of likely N-dealkylation sites (N-methyl/N-ethyl adjacent to an activating group) is 1. The van der Waals surface area contributed by atoms with Crippen molar-refractivity contribution in [3.05, 3.63) is 36.4 Å². The minimum absolute atomic E-state index is 0.109. The Morgan fingerprint density at radius 1 is 1.32 bits per heavy atom. The fourth-order valence-electron chi connectivity index (χ4n) is 2.44. The Balaban J connectivity index is 1.88. The topological polar surface area (TPSA) is 73.9 Å². The van der Waals surface area contributed by atoms with Crippen molar-refractivity contribution in [3.63, 3.8) is 0 Å². The largest absolute Gasteiger partial charge is 0.458 e. The summed E-state index contributed by atoms with van der Waals surface area (Å²) in [7, 11) is -1.86. The van der Waals surface area contributed by atoms with Gasteiger partial charge in [0.05, 0.1) is 18.0 Å². The van der Waals surface area contributed by atoms with Crippen LogP contribution in [0.3, 0.4) is 0 Å². The highest BCUT2D eigenvalue weighted by Crippen LogP contribution is 2.20. The van der Waals surface area contributed by atoms with Crippen LogP contribution in [-0.4, -0.2) is 47.8 Å². The van der Waals surface area contributed by atoms with E-state index >= 15 is 0 Å². The third-order valence-electron chi connectivity index (χ3n) is 3.84. The van der Waals surface area contributed by atoms with Crippen molar-refractivity contribution in [2.24, 2.45) is 5.92 Å². The van der Waals surface area contributed by atoms with Gasteiger partial charge in [0.15, 0.2) is 5.94 Å². The highest BCUT2D eigenvalue weighted by molar-refractivity contribution is 7.91. The van der Waals surface area contributed by atoms with Gasteiger partial charge >= 0.3 is 0 Å². The van der Waals surface area contributed by atoms with Crippen LogP contribution >= 0.6 is 0 Å². The number of hydrogen-bond donors (Lipinski definition) is 1. The van der Waals surface area contributed by atoms with Crippen molar-refractivity contribution in [3.8, 4) is 5.75 Å². The standard InChI is InChI=1S/C17H24FNO5S/c1-19-11-16(10-18)24-15-2-4-17(5-3-15)25(20,21)13-23-12-14-6-8-22-9-7-14/h2-5,10,14,19H,6-9,11-13H2,1H3/b16-10+. The van der Waals surface area contributed by atoms with E-state index in [0.29, 0.717) is 37.8 Å². The molecule has 0 radical (unpaired) electrons. The quantitative estimate of drug-likeness (QED) is 0.670. The summed E-state index contributed by atoms with van der Waals surface area (Å²) in [5, 5.41) is 2.77. The summed E-state index contributed by atoms with van der Waals surface area (Å²) in [6.07, 6.45) is 2.15. The van der Waals surface area contributed by atoms with Crippen molar-refractivity contribution in [1.82, 2.24) is 5.32 Å². The molecular formula is C17H24FNO5S. The lowest BCUT2D eigenvalue weighted by atomic mass is 10.0. The van der Waals surface area contributed by atoms with Crippen molar-refractivity contribution < 1.29 is 27.0 Å². The van der Waals surface area contributed by atoms with E-state index in [4.69, 9.17) is 14.2 Å². The van der Waals surface area contributed by atoms with E-state index in [9.17, 15) is 12.8 Å². The number of benzene rings is 1. The summed E-state index contributed by atoms with van der Waals surface area (Å²) in [4.78, 5) is 0.145. The van der Waals surface area contributed by atoms with Crippen molar-refractivity contribution in [1.29, 1.82) is 0 Å². The molecule has 1 heterocycles. The van der Waals surface area contributed by atoms with Crippen LogP contribution in [0.5, 0.6) is 5.75 Å². The summed E-state index contributed by atoms with van der Waals surface area (Å²) < 4.78 is 53.2. The lowest BCUT2D eigenvalue weighted by Gasteiger charge is -2.21. The lowest BCUT2D eigenvalue weighted by molar-refractivity contribution is 0.0305. The number of ether oxygens (including phenoxy) is 3. The second kappa shape index (κ2) is 9.86. The number of sulfone groups is 1. The van der Waals surface area contributed by atoms with Gasteiger partial charge in [0.1, 0.15) is 17.8 Å². The Morgan fingerprint density at radius 3 is 2.60 bits per heavy atom. The molecule has 140 valence electrons. The molecule has 1 aromatic rings. The van der Waals surface area contributed by atoms with Gasteiger partial charge in [0.25, 0.3) is 0 Å². The molecule has 0 bridgehead atoms. The SMILES string of the molecule is CNC/C(=C\F)Oc1ccc(S(=O)(=O)COCC2CCOCC2)cc1. The molecular weight excluding hydrogens is 349 g/mol. The van der Waals surface area contributed by atoms with Crippen LogP contribution in [0, 0.1) is 5.92 Å². The molecule has 0 spiro atoms. The highest BCUT2D eigenvalue weighted by atomic mass is 32.2. The van der Waals surface area contributed by atoms with Gasteiger partial charge in [0.2, 0.25) is 9.84 Å². The van der Waals surface area contributed by atoms with Crippen LogP contribution in [0.1, 0.15) is 12.8 Å². The van der Waals surface area contributed by atoms with Crippen molar-refractivity contribution >= 4 is 9.84 Å². The summed E-state index contributed by atoms with van der Waals surface area (Å²) in [5.41, 5.74) is 0. The fraction of sp³-hybridized carbons (Fsp3) is 0.529. The maximum Gasteiger partial charge on any atom is 0.202 e. The molecule has 1 saturated heterocycles. The number of rotatable bonds is 9. The molecule has 0 amide bonds. The number of hydrogen-bond acceptors (Lipinski definition) is 6. The van der Waals surface area contributed by atoms with Crippen LogP contribution in [0.2, 0.25) is 0 Å². The molecule has 1 fully saturated rings. The first-order valence-corrected chi connectivity index (χ1v) is 9.80.